The highest BCUT2D eigenvalue weighted by molar-refractivity contribution is 6.08. The van der Waals surface area contributed by atoms with E-state index in [0.29, 0.717) is 5.56 Å². The van der Waals surface area contributed by atoms with E-state index in [2.05, 4.69) is 5.32 Å². The van der Waals surface area contributed by atoms with Crippen molar-refractivity contribution in [2.24, 2.45) is 0 Å². The lowest BCUT2D eigenvalue weighted by Crippen LogP contribution is -2.15. The number of carbonyl (C=O) groups excluding carboxylic acids is 1. The Morgan fingerprint density at radius 1 is 1.33 bits per heavy atom. The molecular weight excluding hydrogens is 277 g/mol. The normalized spacial score (nSPS) is 10.2. The van der Waals surface area contributed by atoms with Gasteiger partial charge in [-0.3, -0.25) is 14.9 Å². The van der Waals surface area contributed by atoms with Gasteiger partial charge in [-0.15, -0.1) is 0 Å². The molecule has 0 unspecified atom stereocenters. The summed E-state index contributed by atoms with van der Waals surface area (Å²) in [5, 5.41) is 13.4. The van der Waals surface area contributed by atoms with E-state index in [9.17, 15) is 19.3 Å². The second-order valence-electron chi connectivity index (χ2n) is 4.41. The highest BCUT2D eigenvalue weighted by Crippen LogP contribution is 2.25. The van der Waals surface area contributed by atoms with Crippen LogP contribution in [0.5, 0.6) is 0 Å². The number of hydrogen-bond donors (Lipinski definition) is 2. The number of aryl methyl sites for hydroxylation is 1. The monoisotopic (exact) mass is 289 g/mol. The standard InChI is InChI=1S/C14H12FN3O3/c1-8-3-2-4-10(13(8)18(20)21)14(19)17-12-7-9(15)5-6-11(12)16/h2-7H,16H2,1H3,(H,17,19). The van der Waals surface area contributed by atoms with Crippen LogP contribution in [0.1, 0.15) is 15.9 Å². The molecule has 2 rings (SSSR count). The second kappa shape index (κ2) is 5.58. The summed E-state index contributed by atoms with van der Waals surface area (Å²) in [6.07, 6.45) is 0. The summed E-state index contributed by atoms with van der Waals surface area (Å²) >= 11 is 0. The Labute approximate surface area is 119 Å². The lowest BCUT2D eigenvalue weighted by atomic mass is 10.1. The molecule has 0 heterocycles. The Kier molecular flexibility index (Phi) is 3.84. The number of nitrogens with two attached hydrogens (primary N) is 1. The van der Waals surface area contributed by atoms with Gasteiger partial charge in [-0.25, -0.2) is 4.39 Å². The SMILES string of the molecule is Cc1cccc(C(=O)Nc2cc(F)ccc2N)c1[N+](=O)[O-]. The summed E-state index contributed by atoms with van der Waals surface area (Å²) in [7, 11) is 0. The first-order valence-electron chi connectivity index (χ1n) is 6.00. The van der Waals surface area contributed by atoms with Crippen LogP contribution in [0.25, 0.3) is 0 Å². The number of para-hydroxylation sites is 1. The number of nitro benzene ring substituents is 1. The predicted octanol–water partition coefficient (Wildman–Crippen LogP) is 2.88. The van der Waals surface area contributed by atoms with E-state index in [-0.39, 0.29) is 22.6 Å². The molecule has 0 saturated heterocycles. The number of rotatable bonds is 3. The van der Waals surface area contributed by atoms with Gasteiger partial charge in [0, 0.05) is 5.56 Å². The Balaban J connectivity index is 2.40. The number of benzene rings is 2. The molecular formula is C14H12FN3O3. The number of anilines is 2. The van der Waals surface area contributed by atoms with Gasteiger partial charge in [0.2, 0.25) is 0 Å². The van der Waals surface area contributed by atoms with Crippen LogP contribution in [0.3, 0.4) is 0 Å². The first kappa shape index (κ1) is 14.4. The number of carbonyl (C=O) groups is 1. The van der Waals surface area contributed by atoms with Gasteiger partial charge in [0.1, 0.15) is 11.4 Å². The summed E-state index contributed by atoms with van der Waals surface area (Å²) < 4.78 is 13.2. The van der Waals surface area contributed by atoms with Gasteiger partial charge in [-0.1, -0.05) is 12.1 Å². The van der Waals surface area contributed by atoms with Crippen molar-refractivity contribution in [1.82, 2.24) is 0 Å². The number of nitro groups is 1. The number of hydrogen-bond acceptors (Lipinski definition) is 4. The van der Waals surface area contributed by atoms with E-state index in [1.54, 1.807) is 0 Å². The molecule has 0 saturated carbocycles. The number of nitrogens with one attached hydrogen (secondary N) is 1. The van der Waals surface area contributed by atoms with Gasteiger partial charge in [0.05, 0.1) is 16.3 Å². The molecule has 21 heavy (non-hydrogen) atoms. The van der Waals surface area contributed by atoms with Gasteiger partial charge in [-0.2, -0.15) is 0 Å². The van der Waals surface area contributed by atoms with Crippen molar-refractivity contribution in [3.05, 3.63) is 63.5 Å². The first-order chi connectivity index (χ1) is 9.90. The summed E-state index contributed by atoms with van der Waals surface area (Å²) in [6.45, 7) is 1.53. The molecule has 0 aliphatic carbocycles. The molecule has 2 aromatic rings. The molecule has 0 radical (unpaired) electrons. The topological polar surface area (TPSA) is 98.3 Å². The molecule has 6 nitrogen and oxygen atoms in total. The van der Waals surface area contributed by atoms with Crippen LogP contribution in [-0.2, 0) is 0 Å². The van der Waals surface area contributed by atoms with E-state index >= 15 is 0 Å². The van der Waals surface area contributed by atoms with Crippen LogP contribution >= 0.6 is 0 Å². The minimum Gasteiger partial charge on any atom is -0.397 e. The Bertz CT molecular complexity index is 731. The lowest BCUT2D eigenvalue weighted by Gasteiger charge is -2.09. The van der Waals surface area contributed by atoms with Crippen LogP contribution < -0.4 is 11.1 Å². The Morgan fingerprint density at radius 2 is 2.05 bits per heavy atom. The average Bonchev–Trinajstić information content (AvgIpc) is 2.42. The molecule has 108 valence electrons. The molecule has 0 aliphatic rings. The van der Waals surface area contributed by atoms with Gasteiger partial charge in [0.25, 0.3) is 11.6 Å². The van der Waals surface area contributed by atoms with Crippen molar-refractivity contribution in [3.63, 3.8) is 0 Å². The highest BCUT2D eigenvalue weighted by atomic mass is 19.1. The fraction of sp³-hybridized carbons (Fsp3) is 0.0714. The fourth-order valence-corrected chi connectivity index (χ4v) is 1.91. The quantitative estimate of drug-likeness (QED) is 0.515. The summed E-state index contributed by atoms with van der Waals surface area (Å²) in [5.41, 5.74) is 5.83. The second-order valence-corrected chi connectivity index (χ2v) is 4.41. The molecule has 7 heteroatoms. The lowest BCUT2D eigenvalue weighted by molar-refractivity contribution is -0.385. The Morgan fingerprint density at radius 3 is 2.71 bits per heavy atom. The van der Waals surface area contributed by atoms with E-state index in [4.69, 9.17) is 5.73 Å². The smallest absolute Gasteiger partial charge is 0.285 e. The van der Waals surface area contributed by atoms with E-state index < -0.39 is 16.6 Å². The van der Waals surface area contributed by atoms with Crippen LogP contribution in [0, 0.1) is 22.9 Å². The van der Waals surface area contributed by atoms with E-state index in [1.807, 2.05) is 0 Å². The van der Waals surface area contributed by atoms with Crippen LogP contribution in [0.15, 0.2) is 36.4 Å². The van der Waals surface area contributed by atoms with Gasteiger partial charge in [0.15, 0.2) is 0 Å². The predicted molar refractivity (Wildman–Crippen MR) is 76.6 cm³/mol. The number of halogens is 1. The van der Waals surface area contributed by atoms with Gasteiger partial charge in [-0.05, 0) is 31.2 Å². The van der Waals surface area contributed by atoms with Crippen molar-refractivity contribution < 1.29 is 14.1 Å². The van der Waals surface area contributed by atoms with Crippen LogP contribution in [0.4, 0.5) is 21.5 Å². The maximum Gasteiger partial charge on any atom is 0.285 e. The van der Waals surface area contributed by atoms with Gasteiger partial charge >= 0.3 is 0 Å². The molecule has 0 fully saturated rings. The minimum atomic E-state index is -0.720. The molecule has 0 bridgehead atoms. The summed E-state index contributed by atoms with van der Waals surface area (Å²) in [4.78, 5) is 22.6. The number of nitrogens with zero attached hydrogens (tertiary/aromatic N) is 1. The molecule has 3 N–H and O–H groups in total. The van der Waals surface area contributed by atoms with Crippen molar-refractivity contribution in [2.75, 3.05) is 11.1 Å². The average molecular weight is 289 g/mol. The zero-order chi connectivity index (χ0) is 15.6. The third kappa shape index (κ3) is 2.97. The zero-order valence-corrected chi connectivity index (χ0v) is 11.1. The van der Waals surface area contributed by atoms with Gasteiger partial charge < -0.3 is 11.1 Å². The first-order valence-corrected chi connectivity index (χ1v) is 6.00. The highest BCUT2D eigenvalue weighted by Gasteiger charge is 2.22. The van der Waals surface area contributed by atoms with Crippen molar-refractivity contribution >= 4 is 23.0 Å². The van der Waals surface area contributed by atoms with E-state index in [0.717, 1.165) is 12.1 Å². The Hall–Kier alpha value is -2.96. The van der Waals surface area contributed by atoms with Crippen LogP contribution in [-0.4, -0.2) is 10.8 Å². The summed E-state index contributed by atoms with van der Waals surface area (Å²) in [5.74, 6) is -1.29. The fourth-order valence-electron chi connectivity index (χ4n) is 1.91. The maximum atomic E-state index is 13.2. The summed E-state index contributed by atoms with van der Waals surface area (Å²) in [6, 6.07) is 7.90. The van der Waals surface area contributed by atoms with Crippen molar-refractivity contribution in [1.29, 1.82) is 0 Å². The largest absolute Gasteiger partial charge is 0.397 e. The molecule has 2 aromatic carbocycles. The van der Waals surface area contributed by atoms with Crippen molar-refractivity contribution in [3.8, 4) is 0 Å². The van der Waals surface area contributed by atoms with E-state index in [1.165, 1.54) is 31.2 Å². The molecule has 0 atom stereocenters. The molecule has 0 aromatic heterocycles. The molecule has 0 spiro atoms. The third-order valence-electron chi connectivity index (χ3n) is 2.93. The van der Waals surface area contributed by atoms with Crippen LogP contribution in [0.2, 0.25) is 0 Å². The minimum absolute atomic E-state index is 0.0656. The zero-order valence-electron chi connectivity index (χ0n) is 11.1. The third-order valence-corrected chi connectivity index (χ3v) is 2.93. The van der Waals surface area contributed by atoms with Crippen molar-refractivity contribution in [2.45, 2.75) is 6.92 Å². The number of nitrogen functional groups attached to an aromatic ring is 1. The molecule has 1 amide bonds. The molecule has 0 aliphatic heterocycles. The number of amides is 1. The maximum absolute atomic E-state index is 13.2.